The van der Waals surface area contributed by atoms with E-state index in [0.717, 1.165) is 0 Å². The van der Waals surface area contributed by atoms with Gasteiger partial charge >= 0.3 is 5.97 Å². The Labute approximate surface area is 109 Å². The average molecular weight is 266 g/mol. The van der Waals surface area contributed by atoms with Crippen LogP contribution in [0.3, 0.4) is 0 Å². The van der Waals surface area contributed by atoms with Crippen molar-refractivity contribution in [2.24, 2.45) is 0 Å². The van der Waals surface area contributed by atoms with Gasteiger partial charge in [0.05, 0.1) is 11.8 Å². The monoisotopic (exact) mass is 266 g/mol. The second-order valence-corrected chi connectivity index (χ2v) is 4.29. The van der Waals surface area contributed by atoms with Crippen molar-refractivity contribution in [2.45, 2.75) is 19.4 Å². The highest BCUT2D eigenvalue weighted by Crippen LogP contribution is 2.17. The molecule has 2 rings (SSSR count). The van der Waals surface area contributed by atoms with E-state index in [1.54, 1.807) is 6.92 Å². The van der Waals surface area contributed by atoms with Crippen molar-refractivity contribution in [1.82, 2.24) is 10.2 Å². The van der Waals surface area contributed by atoms with Gasteiger partial charge in [0.25, 0.3) is 5.91 Å². The summed E-state index contributed by atoms with van der Waals surface area (Å²) in [6, 6.07) is 0.855. The lowest BCUT2D eigenvalue weighted by atomic mass is 10.1. The molecule has 2 N–H and O–H groups in total. The van der Waals surface area contributed by atoms with Gasteiger partial charge in [0.15, 0.2) is 0 Å². The topological polar surface area (TPSA) is 99.9 Å². The molecule has 19 heavy (non-hydrogen) atoms. The number of rotatable bonds is 3. The summed E-state index contributed by atoms with van der Waals surface area (Å²) in [7, 11) is 0. The number of amides is 2. The molecule has 7 nitrogen and oxygen atoms in total. The molecule has 1 aliphatic rings. The van der Waals surface area contributed by atoms with Gasteiger partial charge in [-0.25, -0.2) is 0 Å². The van der Waals surface area contributed by atoms with Crippen molar-refractivity contribution < 1.29 is 23.9 Å². The second kappa shape index (κ2) is 5.13. The van der Waals surface area contributed by atoms with Crippen molar-refractivity contribution in [3.63, 3.8) is 0 Å². The summed E-state index contributed by atoms with van der Waals surface area (Å²) in [6.45, 7) is 2.41. The third kappa shape index (κ3) is 2.59. The molecule has 0 saturated carbocycles. The number of hydrogen-bond donors (Lipinski definition) is 2. The number of nitrogens with zero attached hydrogens (tertiary/aromatic N) is 1. The molecule has 0 aromatic carbocycles. The van der Waals surface area contributed by atoms with Gasteiger partial charge in [-0.15, -0.1) is 0 Å². The zero-order chi connectivity index (χ0) is 14.0. The number of carboxylic acids is 1. The minimum atomic E-state index is -1.08. The molecule has 1 unspecified atom stereocenters. The number of carbonyl (C=O) groups excluding carboxylic acids is 2. The maximum absolute atomic E-state index is 12.3. The van der Waals surface area contributed by atoms with Gasteiger partial charge in [-0.2, -0.15) is 0 Å². The second-order valence-electron chi connectivity index (χ2n) is 4.29. The van der Waals surface area contributed by atoms with Crippen molar-refractivity contribution >= 4 is 17.8 Å². The lowest BCUT2D eigenvalue weighted by molar-refractivity contribution is -0.136. The number of aliphatic carboxylic acids is 1. The Kier molecular flexibility index (Phi) is 3.55. The van der Waals surface area contributed by atoms with Crippen LogP contribution in [0.4, 0.5) is 0 Å². The van der Waals surface area contributed by atoms with Gasteiger partial charge in [-0.3, -0.25) is 14.4 Å². The molecule has 1 aromatic heterocycles. The van der Waals surface area contributed by atoms with Crippen LogP contribution in [0.2, 0.25) is 0 Å². The van der Waals surface area contributed by atoms with Gasteiger partial charge in [0.1, 0.15) is 18.2 Å². The lowest BCUT2D eigenvalue weighted by Crippen LogP contribution is -2.55. The van der Waals surface area contributed by atoms with E-state index in [4.69, 9.17) is 9.52 Å². The molecule has 0 aliphatic carbocycles. The van der Waals surface area contributed by atoms with Crippen LogP contribution in [-0.4, -0.2) is 46.9 Å². The Balaban J connectivity index is 2.21. The first-order valence-corrected chi connectivity index (χ1v) is 5.87. The summed E-state index contributed by atoms with van der Waals surface area (Å²) in [6.07, 6.45) is 0.919. The molecular formula is C12H14N2O5. The summed E-state index contributed by atoms with van der Waals surface area (Å²) >= 11 is 0. The lowest BCUT2D eigenvalue weighted by Gasteiger charge is -2.32. The van der Waals surface area contributed by atoms with E-state index in [-0.39, 0.29) is 29.6 Å². The number of hydrogen-bond acceptors (Lipinski definition) is 4. The summed E-state index contributed by atoms with van der Waals surface area (Å²) < 4.78 is 5.02. The molecule has 1 aliphatic heterocycles. The molecule has 0 radical (unpaired) electrons. The molecule has 1 fully saturated rings. The quantitative estimate of drug-likeness (QED) is 0.793. The fourth-order valence-electron chi connectivity index (χ4n) is 2.02. The van der Waals surface area contributed by atoms with Crippen LogP contribution in [0.15, 0.2) is 16.7 Å². The van der Waals surface area contributed by atoms with Crippen molar-refractivity contribution in [3.05, 3.63) is 23.7 Å². The minimum Gasteiger partial charge on any atom is -0.481 e. The zero-order valence-corrected chi connectivity index (χ0v) is 10.4. The molecule has 2 amide bonds. The fourth-order valence-corrected chi connectivity index (χ4v) is 2.02. The largest absolute Gasteiger partial charge is 0.481 e. The predicted octanol–water partition coefficient (Wildman–Crippen LogP) is -0.133. The Hall–Kier alpha value is -2.31. The Morgan fingerprint density at radius 2 is 2.32 bits per heavy atom. The number of furan rings is 1. The smallest absolute Gasteiger partial charge is 0.311 e. The number of piperazine rings is 1. The number of nitrogens with one attached hydrogen (secondary N) is 1. The Morgan fingerprint density at radius 3 is 3.00 bits per heavy atom. The number of carboxylic acid groups (broad SMARTS) is 1. The maximum Gasteiger partial charge on any atom is 0.311 e. The third-order valence-electron chi connectivity index (χ3n) is 3.05. The highest BCUT2D eigenvalue weighted by Gasteiger charge is 2.31. The highest BCUT2D eigenvalue weighted by molar-refractivity contribution is 5.99. The SMILES string of the molecule is CC1C(=O)NCCN1C(=O)c1ccoc1CC(=O)O. The molecule has 7 heteroatoms. The van der Waals surface area contributed by atoms with E-state index >= 15 is 0 Å². The zero-order valence-electron chi connectivity index (χ0n) is 10.4. The van der Waals surface area contributed by atoms with Gasteiger partial charge in [0.2, 0.25) is 5.91 Å². The van der Waals surface area contributed by atoms with Gasteiger partial charge < -0.3 is 19.7 Å². The molecule has 102 valence electrons. The first kappa shape index (κ1) is 13.1. The van der Waals surface area contributed by atoms with Gasteiger partial charge in [0, 0.05) is 13.1 Å². The van der Waals surface area contributed by atoms with Crippen LogP contribution in [0.5, 0.6) is 0 Å². The summed E-state index contributed by atoms with van der Waals surface area (Å²) in [5, 5.41) is 11.4. The van der Waals surface area contributed by atoms with Crippen molar-refractivity contribution in [1.29, 1.82) is 0 Å². The summed E-state index contributed by atoms with van der Waals surface area (Å²) in [5.74, 6) is -1.57. The maximum atomic E-state index is 12.3. The molecule has 0 spiro atoms. The molecule has 1 saturated heterocycles. The molecule has 0 bridgehead atoms. The highest BCUT2D eigenvalue weighted by atomic mass is 16.4. The molecule has 1 aromatic rings. The summed E-state index contributed by atoms with van der Waals surface area (Å²) in [4.78, 5) is 35.9. The van der Waals surface area contributed by atoms with Crippen LogP contribution >= 0.6 is 0 Å². The molecule has 2 heterocycles. The standard InChI is InChI=1S/C12H14N2O5/c1-7-11(17)13-3-4-14(7)12(18)8-2-5-19-9(8)6-10(15)16/h2,5,7H,3-4,6H2,1H3,(H,13,17)(H,15,16). The van der Waals surface area contributed by atoms with E-state index in [0.29, 0.717) is 13.1 Å². The van der Waals surface area contributed by atoms with Gasteiger partial charge in [-0.1, -0.05) is 0 Å². The molecular weight excluding hydrogens is 252 g/mol. The summed E-state index contributed by atoms with van der Waals surface area (Å²) in [5.41, 5.74) is 0.198. The first-order chi connectivity index (χ1) is 9.00. The minimum absolute atomic E-state index is 0.107. The van der Waals surface area contributed by atoms with Gasteiger partial charge in [-0.05, 0) is 13.0 Å². The van der Waals surface area contributed by atoms with E-state index in [1.165, 1.54) is 17.2 Å². The van der Waals surface area contributed by atoms with Crippen LogP contribution < -0.4 is 5.32 Å². The van der Waals surface area contributed by atoms with E-state index in [9.17, 15) is 14.4 Å². The predicted molar refractivity (Wildman–Crippen MR) is 63.6 cm³/mol. The third-order valence-corrected chi connectivity index (χ3v) is 3.05. The van der Waals surface area contributed by atoms with Crippen LogP contribution in [-0.2, 0) is 16.0 Å². The van der Waals surface area contributed by atoms with Crippen LogP contribution in [0.25, 0.3) is 0 Å². The van der Waals surface area contributed by atoms with Crippen LogP contribution in [0.1, 0.15) is 23.0 Å². The average Bonchev–Trinajstić information content (AvgIpc) is 2.79. The first-order valence-electron chi connectivity index (χ1n) is 5.87. The van der Waals surface area contributed by atoms with E-state index in [2.05, 4.69) is 5.32 Å². The van der Waals surface area contributed by atoms with Crippen molar-refractivity contribution in [3.8, 4) is 0 Å². The Bertz CT molecular complexity index is 522. The van der Waals surface area contributed by atoms with E-state index in [1.807, 2.05) is 0 Å². The van der Waals surface area contributed by atoms with Crippen LogP contribution in [0, 0.1) is 0 Å². The fraction of sp³-hybridized carbons (Fsp3) is 0.417. The van der Waals surface area contributed by atoms with E-state index < -0.39 is 12.0 Å². The van der Waals surface area contributed by atoms with Crippen molar-refractivity contribution in [2.75, 3.05) is 13.1 Å². The number of carbonyl (C=O) groups is 3. The molecule has 1 atom stereocenters. The Morgan fingerprint density at radius 1 is 1.58 bits per heavy atom. The normalized spacial score (nSPS) is 19.1.